The van der Waals surface area contributed by atoms with E-state index in [0.29, 0.717) is 22.5 Å². The molecule has 0 aliphatic rings. The van der Waals surface area contributed by atoms with Gasteiger partial charge in [-0.15, -0.1) is 0 Å². The lowest BCUT2D eigenvalue weighted by atomic mass is 10.1. The number of hydrogen-bond donors (Lipinski definition) is 1. The highest BCUT2D eigenvalue weighted by Crippen LogP contribution is 2.23. The van der Waals surface area contributed by atoms with Crippen molar-refractivity contribution in [1.29, 1.82) is 0 Å². The highest BCUT2D eigenvalue weighted by atomic mass is 79.9. The monoisotopic (exact) mass is 553 g/mol. The number of carbonyl (C=O) groups is 2. The van der Waals surface area contributed by atoms with E-state index in [2.05, 4.69) is 21.2 Å². The molecule has 1 N–H and O–H groups in total. The van der Waals surface area contributed by atoms with Gasteiger partial charge in [0.1, 0.15) is 18.3 Å². The number of halogens is 1. The Morgan fingerprint density at radius 2 is 1.74 bits per heavy atom. The molecule has 8 nitrogen and oxygen atoms in total. The second kappa shape index (κ2) is 12.2. The van der Waals surface area contributed by atoms with Gasteiger partial charge in [-0.05, 0) is 48.7 Å². The van der Waals surface area contributed by atoms with Crippen molar-refractivity contribution in [3.8, 4) is 5.75 Å². The number of carbonyl (C=O) groups excluding carboxylic acids is 2. The minimum Gasteiger partial charge on any atom is -0.497 e. The number of anilines is 1. The van der Waals surface area contributed by atoms with Crippen LogP contribution in [0.4, 0.5) is 5.69 Å². The number of rotatable bonds is 11. The lowest BCUT2D eigenvalue weighted by Crippen LogP contribution is -2.51. The highest BCUT2D eigenvalue weighted by molar-refractivity contribution is 9.10. The third kappa shape index (κ3) is 8.02. The number of ether oxygens (including phenoxy) is 1. The predicted octanol–water partition coefficient (Wildman–Crippen LogP) is 3.41. The first-order valence-corrected chi connectivity index (χ1v) is 13.5. The second-order valence-electron chi connectivity index (χ2n) is 8.43. The minimum absolute atomic E-state index is 0.134. The van der Waals surface area contributed by atoms with Crippen molar-refractivity contribution in [3.05, 3.63) is 58.6 Å². The molecule has 0 aliphatic heterocycles. The Balaban J connectivity index is 2.36. The van der Waals surface area contributed by atoms with E-state index >= 15 is 0 Å². The first-order chi connectivity index (χ1) is 15.9. The Kier molecular flexibility index (Phi) is 9.93. The van der Waals surface area contributed by atoms with Crippen LogP contribution in [-0.2, 0) is 26.2 Å². The quantitative estimate of drug-likeness (QED) is 0.460. The Morgan fingerprint density at radius 3 is 2.26 bits per heavy atom. The van der Waals surface area contributed by atoms with Gasteiger partial charge in [0, 0.05) is 17.6 Å². The van der Waals surface area contributed by atoms with Gasteiger partial charge in [-0.1, -0.05) is 48.0 Å². The zero-order chi connectivity index (χ0) is 25.5. The molecule has 0 aromatic heterocycles. The van der Waals surface area contributed by atoms with Gasteiger partial charge >= 0.3 is 0 Å². The Bertz CT molecular complexity index is 1090. The van der Waals surface area contributed by atoms with E-state index in [1.54, 1.807) is 62.6 Å². The van der Waals surface area contributed by atoms with Gasteiger partial charge in [0.15, 0.2) is 0 Å². The summed E-state index contributed by atoms with van der Waals surface area (Å²) < 4.78 is 32.0. The van der Waals surface area contributed by atoms with Crippen LogP contribution in [0.3, 0.4) is 0 Å². The average Bonchev–Trinajstić information content (AvgIpc) is 2.78. The van der Waals surface area contributed by atoms with Gasteiger partial charge < -0.3 is 15.0 Å². The van der Waals surface area contributed by atoms with E-state index in [9.17, 15) is 18.0 Å². The summed E-state index contributed by atoms with van der Waals surface area (Å²) in [5.74, 6) is 0.124. The molecule has 1 atom stereocenters. The lowest BCUT2D eigenvalue weighted by molar-refractivity contribution is -0.139. The van der Waals surface area contributed by atoms with E-state index in [-0.39, 0.29) is 18.4 Å². The standard InChI is InChI=1S/C24H32BrN3O5S/c1-17(2)14-26-24(30)18(3)27(15-19-9-11-22(33-4)12-10-19)23(29)16-28(34(5,31)32)21-8-6-7-20(25)13-21/h6-13,17-18H,14-16H2,1-5H3,(H,26,30)/t18-/m0/s1. The zero-order valence-corrected chi connectivity index (χ0v) is 22.5. The highest BCUT2D eigenvalue weighted by Gasteiger charge is 2.30. The SMILES string of the molecule is COc1ccc(CN(C(=O)CN(c2cccc(Br)c2)S(C)(=O)=O)[C@@H](C)C(=O)NCC(C)C)cc1. The van der Waals surface area contributed by atoms with E-state index in [1.165, 1.54) is 4.90 Å². The Morgan fingerprint density at radius 1 is 1.09 bits per heavy atom. The van der Waals surface area contributed by atoms with Gasteiger partial charge in [0.25, 0.3) is 0 Å². The maximum atomic E-state index is 13.5. The molecule has 2 rings (SSSR count). The Labute approximate surface area is 210 Å². The molecule has 2 aromatic rings. The summed E-state index contributed by atoms with van der Waals surface area (Å²) in [5.41, 5.74) is 1.14. The zero-order valence-electron chi connectivity index (χ0n) is 20.1. The number of hydrogen-bond acceptors (Lipinski definition) is 5. The van der Waals surface area contributed by atoms with Gasteiger partial charge in [-0.25, -0.2) is 8.42 Å². The maximum Gasteiger partial charge on any atom is 0.244 e. The fraction of sp³-hybridized carbons (Fsp3) is 0.417. The molecule has 0 bridgehead atoms. The number of nitrogens with one attached hydrogen (secondary N) is 1. The molecule has 0 unspecified atom stereocenters. The van der Waals surface area contributed by atoms with Crippen LogP contribution >= 0.6 is 15.9 Å². The molecule has 0 radical (unpaired) electrons. The fourth-order valence-electron chi connectivity index (χ4n) is 3.21. The van der Waals surface area contributed by atoms with Crippen LogP contribution in [0, 0.1) is 5.92 Å². The van der Waals surface area contributed by atoms with Crippen molar-refractivity contribution in [2.24, 2.45) is 5.92 Å². The van der Waals surface area contributed by atoms with Crippen molar-refractivity contribution in [3.63, 3.8) is 0 Å². The molecule has 34 heavy (non-hydrogen) atoms. The first-order valence-electron chi connectivity index (χ1n) is 10.9. The second-order valence-corrected chi connectivity index (χ2v) is 11.3. The van der Waals surface area contributed by atoms with Crippen LogP contribution in [0.15, 0.2) is 53.0 Å². The molecule has 0 spiro atoms. The smallest absolute Gasteiger partial charge is 0.244 e. The summed E-state index contributed by atoms with van der Waals surface area (Å²) in [6, 6.07) is 13.0. The summed E-state index contributed by atoms with van der Waals surface area (Å²) >= 11 is 3.34. The Hall–Kier alpha value is -2.59. The van der Waals surface area contributed by atoms with Gasteiger partial charge in [0.2, 0.25) is 21.8 Å². The number of benzene rings is 2. The van der Waals surface area contributed by atoms with Crippen LogP contribution < -0.4 is 14.4 Å². The van der Waals surface area contributed by atoms with Crippen LogP contribution in [0.5, 0.6) is 5.75 Å². The minimum atomic E-state index is -3.76. The van der Waals surface area contributed by atoms with E-state index in [4.69, 9.17) is 4.74 Å². The van der Waals surface area contributed by atoms with Crippen LogP contribution in [-0.4, -0.2) is 57.6 Å². The van der Waals surface area contributed by atoms with Gasteiger partial charge in [-0.3, -0.25) is 13.9 Å². The molecule has 0 saturated heterocycles. The average molecular weight is 555 g/mol. The number of amides is 2. The molecule has 0 aliphatic carbocycles. The molecule has 0 saturated carbocycles. The largest absolute Gasteiger partial charge is 0.497 e. The van der Waals surface area contributed by atoms with Crippen LogP contribution in [0.25, 0.3) is 0 Å². The molecule has 2 amide bonds. The summed E-state index contributed by atoms with van der Waals surface area (Å²) in [5, 5.41) is 2.85. The van der Waals surface area contributed by atoms with Gasteiger partial charge in [0.05, 0.1) is 19.1 Å². The summed E-state index contributed by atoms with van der Waals surface area (Å²) in [6.07, 6.45) is 1.05. The molecule has 186 valence electrons. The third-order valence-corrected chi connectivity index (χ3v) is 6.77. The molecular formula is C24H32BrN3O5S. The van der Waals surface area contributed by atoms with Crippen molar-refractivity contribution >= 4 is 43.5 Å². The third-order valence-electron chi connectivity index (χ3n) is 5.14. The van der Waals surface area contributed by atoms with Crippen molar-refractivity contribution in [2.75, 3.05) is 30.8 Å². The molecule has 0 heterocycles. The lowest BCUT2D eigenvalue weighted by Gasteiger charge is -2.31. The first kappa shape index (κ1) is 27.7. The summed E-state index contributed by atoms with van der Waals surface area (Å²) in [6.45, 7) is 5.77. The van der Waals surface area contributed by atoms with Crippen LogP contribution in [0.1, 0.15) is 26.3 Å². The van der Waals surface area contributed by atoms with Crippen molar-refractivity contribution < 1.29 is 22.7 Å². The summed E-state index contributed by atoms with van der Waals surface area (Å²) in [4.78, 5) is 27.7. The number of sulfonamides is 1. The fourth-order valence-corrected chi connectivity index (χ4v) is 4.44. The number of nitrogens with zero attached hydrogens (tertiary/aromatic N) is 2. The molecular weight excluding hydrogens is 522 g/mol. The molecule has 10 heteroatoms. The normalized spacial score (nSPS) is 12.2. The van der Waals surface area contributed by atoms with E-state index < -0.39 is 28.5 Å². The summed E-state index contributed by atoms with van der Waals surface area (Å²) in [7, 11) is -2.20. The van der Waals surface area contributed by atoms with Crippen LogP contribution in [0.2, 0.25) is 0 Å². The molecule has 0 fully saturated rings. The van der Waals surface area contributed by atoms with Gasteiger partial charge in [-0.2, -0.15) is 0 Å². The molecule has 2 aromatic carbocycles. The topological polar surface area (TPSA) is 96.0 Å². The van der Waals surface area contributed by atoms with Crippen molar-refractivity contribution in [2.45, 2.75) is 33.4 Å². The van der Waals surface area contributed by atoms with E-state index in [0.717, 1.165) is 16.1 Å². The van der Waals surface area contributed by atoms with Crippen molar-refractivity contribution in [1.82, 2.24) is 10.2 Å². The predicted molar refractivity (Wildman–Crippen MR) is 137 cm³/mol. The maximum absolute atomic E-state index is 13.5. The van der Waals surface area contributed by atoms with E-state index in [1.807, 2.05) is 13.8 Å². The number of methoxy groups -OCH3 is 1.